The van der Waals surface area contributed by atoms with Crippen molar-refractivity contribution in [3.63, 3.8) is 0 Å². The molecular formula is C15H23NaO3S2. The van der Waals surface area contributed by atoms with Gasteiger partial charge in [-0.25, -0.2) is 8.42 Å². The molecule has 0 aliphatic heterocycles. The molecule has 0 amide bonds. The van der Waals surface area contributed by atoms with Crippen molar-refractivity contribution in [3.8, 4) is 0 Å². The van der Waals surface area contributed by atoms with Crippen LogP contribution in [0.1, 0.15) is 56.6 Å². The first-order valence-corrected chi connectivity index (χ1v) is 10.1. The van der Waals surface area contributed by atoms with Crippen molar-refractivity contribution in [2.24, 2.45) is 0 Å². The number of rotatable bonds is 10. The van der Waals surface area contributed by atoms with Crippen LogP contribution in [0.2, 0.25) is 0 Å². The second-order valence-electron chi connectivity index (χ2n) is 5.00. The third-order valence-electron chi connectivity index (χ3n) is 3.21. The Balaban J connectivity index is 0.00000400. The minimum Gasteiger partial charge on any atom is -0.739 e. The molecule has 0 N–H and O–H groups in total. The van der Waals surface area contributed by atoms with Gasteiger partial charge in [0.1, 0.15) is 9.15 Å². The van der Waals surface area contributed by atoms with E-state index in [9.17, 15) is 13.0 Å². The Hall–Kier alpha value is 0.480. The van der Waals surface area contributed by atoms with Crippen molar-refractivity contribution in [2.75, 3.05) is 0 Å². The van der Waals surface area contributed by atoms with Crippen LogP contribution in [-0.4, -0.2) is 13.0 Å². The molecule has 3 nitrogen and oxygen atoms in total. The molecule has 0 aliphatic carbocycles. The first-order valence-electron chi connectivity index (χ1n) is 7.19. The van der Waals surface area contributed by atoms with Crippen LogP contribution in [-0.2, 0) is 21.3 Å². The average Bonchev–Trinajstić information content (AvgIpc) is 2.41. The van der Waals surface area contributed by atoms with E-state index >= 15 is 0 Å². The van der Waals surface area contributed by atoms with E-state index in [-0.39, 0.29) is 35.3 Å². The Labute approximate surface area is 154 Å². The van der Waals surface area contributed by atoms with Gasteiger partial charge in [0, 0.05) is 5.75 Å². The largest absolute Gasteiger partial charge is 1.00 e. The third-order valence-corrected chi connectivity index (χ3v) is 5.17. The molecule has 1 rings (SSSR count). The van der Waals surface area contributed by atoms with Crippen molar-refractivity contribution in [1.82, 2.24) is 0 Å². The second-order valence-corrected chi connectivity index (χ2v) is 8.28. The fourth-order valence-electron chi connectivity index (χ4n) is 2.05. The van der Waals surface area contributed by atoms with Crippen molar-refractivity contribution >= 4 is 19.9 Å². The van der Waals surface area contributed by atoms with Crippen LogP contribution < -0.4 is 29.6 Å². The summed E-state index contributed by atoms with van der Waals surface area (Å²) in [5.41, 5.74) is 2.15. The normalized spacial score (nSPS) is 11.1. The zero-order chi connectivity index (χ0) is 14.8. The number of unbranched alkanes of at least 4 members (excludes halogenated alkanes) is 5. The van der Waals surface area contributed by atoms with Gasteiger partial charge in [-0.15, -0.1) is 0 Å². The van der Waals surface area contributed by atoms with Crippen LogP contribution in [0.25, 0.3) is 0 Å². The molecule has 0 unspecified atom stereocenters. The molecular weight excluding hydrogens is 315 g/mol. The van der Waals surface area contributed by atoms with E-state index in [0.29, 0.717) is 10.8 Å². The predicted octanol–water partition coefficient (Wildman–Crippen LogP) is 1.29. The minimum absolute atomic E-state index is 0. The molecule has 6 heteroatoms. The van der Waals surface area contributed by atoms with E-state index < -0.39 is 9.15 Å². The van der Waals surface area contributed by atoms with Crippen LogP contribution in [0.15, 0.2) is 24.3 Å². The molecule has 0 atom stereocenters. The zero-order valence-corrected chi connectivity index (χ0v) is 16.6. The SMILES string of the molecule is CCCCCCCCc1ccc(CSS(=O)(=O)[O-])cc1.[Na+]. The maximum Gasteiger partial charge on any atom is 1.00 e. The van der Waals surface area contributed by atoms with Crippen LogP contribution in [0.3, 0.4) is 0 Å². The van der Waals surface area contributed by atoms with E-state index in [1.54, 1.807) is 0 Å². The molecule has 21 heavy (non-hydrogen) atoms. The smallest absolute Gasteiger partial charge is 0.739 e. The summed E-state index contributed by atoms with van der Waals surface area (Å²) in [7, 11) is -3.75. The Bertz CT molecular complexity index is 472. The zero-order valence-electron chi connectivity index (χ0n) is 13.0. The average molecular weight is 338 g/mol. The first-order chi connectivity index (χ1) is 9.51. The van der Waals surface area contributed by atoms with E-state index in [1.807, 2.05) is 24.3 Å². The number of benzene rings is 1. The molecule has 0 saturated carbocycles. The summed E-state index contributed by atoms with van der Waals surface area (Å²) in [4.78, 5) is 0. The molecule has 1 aromatic rings. The van der Waals surface area contributed by atoms with Gasteiger partial charge in [-0.2, -0.15) is 0 Å². The molecule has 0 radical (unpaired) electrons. The van der Waals surface area contributed by atoms with Gasteiger partial charge in [0.2, 0.25) is 0 Å². The van der Waals surface area contributed by atoms with Gasteiger partial charge in [0.05, 0.1) is 0 Å². The van der Waals surface area contributed by atoms with Crippen LogP contribution in [0.5, 0.6) is 0 Å². The molecule has 0 saturated heterocycles. The van der Waals surface area contributed by atoms with Gasteiger partial charge in [0.25, 0.3) is 0 Å². The van der Waals surface area contributed by atoms with Crippen LogP contribution >= 0.6 is 10.8 Å². The van der Waals surface area contributed by atoms with Crippen LogP contribution in [0, 0.1) is 0 Å². The Morgan fingerprint density at radius 1 is 0.952 bits per heavy atom. The quantitative estimate of drug-likeness (QED) is 0.279. The Kier molecular flexibility index (Phi) is 12.2. The fourth-order valence-corrected chi connectivity index (χ4v) is 3.37. The topological polar surface area (TPSA) is 57.2 Å². The van der Waals surface area contributed by atoms with E-state index in [2.05, 4.69) is 6.92 Å². The summed E-state index contributed by atoms with van der Waals surface area (Å²) in [5, 5.41) is 0. The van der Waals surface area contributed by atoms with Gasteiger partial charge in [0.15, 0.2) is 0 Å². The van der Waals surface area contributed by atoms with Crippen molar-refractivity contribution in [1.29, 1.82) is 0 Å². The summed E-state index contributed by atoms with van der Waals surface area (Å²) in [6, 6.07) is 7.87. The predicted molar refractivity (Wildman–Crippen MR) is 84.5 cm³/mol. The molecule has 0 spiro atoms. The summed E-state index contributed by atoms with van der Waals surface area (Å²) >= 11 is 0. The van der Waals surface area contributed by atoms with Crippen LogP contribution in [0.4, 0.5) is 0 Å². The molecule has 0 fully saturated rings. The molecule has 0 aromatic heterocycles. The fraction of sp³-hybridized carbons (Fsp3) is 0.600. The monoisotopic (exact) mass is 338 g/mol. The third kappa shape index (κ3) is 11.7. The molecule has 0 aliphatic rings. The molecule has 0 heterocycles. The summed E-state index contributed by atoms with van der Waals surface area (Å²) in [5.74, 6) is 0.225. The van der Waals surface area contributed by atoms with E-state index in [0.717, 1.165) is 12.0 Å². The summed E-state index contributed by atoms with van der Waals surface area (Å²) < 4.78 is 31.6. The molecule has 0 bridgehead atoms. The van der Waals surface area contributed by atoms with Crippen molar-refractivity contribution in [3.05, 3.63) is 35.4 Å². The number of hydrogen-bond donors (Lipinski definition) is 0. The maximum absolute atomic E-state index is 10.5. The summed E-state index contributed by atoms with van der Waals surface area (Å²) in [6.45, 7) is 2.22. The van der Waals surface area contributed by atoms with Gasteiger partial charge >= 0.3 is 29.6 Å². The van der Waals surface area contributed by atoms with Crippen molar-refractivity contribution in [2.45, 2.75) is 57.6 Å². The number of hydrogen-bond acceptors (Lipinski definition) is 4. The van der Waals surface area contributed by atoms with Gasteiger partial charge in [-0.3, -0.25) is 0 Å². The Morgan fingerprint density at radius 3 is 2.05 bits per heavy atom. The molecule has 1 aromatic carbocycles. The maximum atomic E-state index is 10.5. The first kappa shape index (κ1) is 21.5. The second kappa shape index (κ2) is 12.0. The van der Waals surface area contributed by atoms with Gasteiger partial charge in [-0.05, 0) is 34.8 Å². The van der Waals surface area contributed by atoms with E-state index in [4.69, 9.17) is 0 Å². The minimum atomic E-state index is -4.19. The van der Waals surface area contributed by atoms with E-state index in [1.165, 1.54) is 44.1 Å². The molecule has 114 valence electrons. The standard InChI is InChI=1S/C15H24O3S2.Na/c1-2-3-4-5-6-7-8-14-9-11-15(12-10-14)13-19-20(16,17)18;/h9-12H,2-8,13H2,1H3,(H,16,17,18);/q;+1/p-1. The summed E-state index contributed by atoms with van der Waals surface area (Å²) in [6.07, 6.45) is 8.78. The van der Waals surface area contributed by atoms with Gasteiger partial charge in [-0.1, -0.05) is 63.3 Å². The van der Waals surface area contributed by atoms with Gasteiger partial charge < -0.3 is 4.55 Å². The number of aryl methyl sites for hydroxylation is 1. The van der Waals surface area contributed by atoms with Crippen molar-refractivity contribution < 1.29 is 42.5 Å². The Morgan fingerprint density at radius 2 is 1.48 bits per heavy atom.